The normalized spacial score (nSPS) is 18.3. The molecule has 14 heteroatoms. The Balaban J connectivity index is 1.30. The maximum atomic E-state index is 14.2. The number of hydrazine groups is 1. The van der Waals surface area contributed by atoms with Crippen LogP contribution in [0.5, 0.6) is 11.5 Å². The number of anilines is 1. The first-order valence-electron chi connectivity index (χ1n) is 15.0. The smallest absolute Gasteiger partial charge is 0.332 e. The number of nitrogen functional groups attached to an aromatic ring is 1. The number of hydrogen-bond acceptors (Lipinski definition) is 10. The van der Waals surface area contributed by atoms with E-state index in [4.69, 9.17) is 10.5 Å². The second-order valence-corrected chi connectivity index (χ2v) is 12.6. The lowest BCUT2D eigenvalue weighted by Crippen LogP contribution is -2.66. The van der Waals surface area contributed by atoms with Gasteiger partial charge in [-0.3, -0.25) is 19.6 Å². The van der Waals surface area contributed by atoms with Crippen LogP contribution in [0.2, 0.25) is 0 Å². The minimum atomic E-state index is -0.871. The maximum Gasteiger partial charge on any atom is 0.332 e. The molecule has 2 aromatic carbocycles. The van der Waals surface area contributed by atoms with Crippen molar-refractivity contribution < 1.29 is 24.2 Å². The zero-order chi connectivity index (χ0) is 32.5. The Labute approximate surface area is 270 Å². The Morgan fingerprint density at radius 1 is 1.17 bits per heavy atom. The molecular formula is C32H36N8O5S. The van der Waals surface area contributed by atoms with Gasteiger partial charge in [0.15, 0.2) is 5.13 Å². The monoisotopic (exact) mass is 644 g/mol. The van der Waals surface area contributed by atoms with Crippen molar-refractivity contribution in [2.24, 2.45) is 0 Å². The predicted molar refractivity (Wildman–Crippen MR) is 172 cm³/mol. The number of hydrogen-bond donors (Lipinski definition) is 3. The number of methoxy groups -OCH3 is 1. The van der Waals surface area contributed by atoms with Crippen LogP contribution in [-0.2, 0) is 29.1 Å². The van der Waals surface area contributed by atoms with Gasteiger partial charge in [-0.2, -0.15) is 5.01 Å². The van der Waals surface area contributed by atoms with Crippen LogP contribution in [0.1, 0.15) is 30.7 Å². The number of rotatable bonds is 9. The summed E-state index contributed by atoms with van der Waals surface area (Å²) in [5, 5.41) is 16.5. The molecule has 0 unspecified atom stereocenters. The van der Waals surface area contributed by atoms with E-state index in [1.54, 1.807) is 33.0 Å². The van der Waals surface area contributed by atoms with Gasteiger partial charge in [-0.15, -0.1) is 0 Å². The highest BCUT2D eigenvalue weighted by molar-refractivity contribution is 7.22. The van der Waals surface area contributed by atoms with Crippen LogP contribution < -0.4 is 15.8 Å². The molecule has 4 heterocycles. The van der Waals surface area contributed by atoms with Crippen molar-refractivity contribution in [2.75, 3.05) is 25.9 Å². The molecule has 2 aliphatic rings. The summed E-state index contributed by atoms with van der Waals surface area (Å²) < 4.78 is 6.15. The van der Waals surface area contributed by atoms with E-state index in [-0.39, 0.29) is 62.2 Å². The molecule has 6 rings (SSSR count). The largest absolute Gasteiger partial charge is 0.506 e. The number of carbonyl (C=O) groups excluding carboxylic acids is 3. The first-order valence-corrected chi connectivity index (χ1v) is 15.8. The van der Waals surface area contributed by atoms with Gasteiger partial charge in [-0.05, 0) is 55.3 Å². The maximum absolute atomic E-state index is 14.2. The summed E-state index contributed by atoms with van der Waals surface area (Å²) in [6.45, 7) is 4.40. The molecule has 4 amide bonds. The molecule has 13 nitrogen and oxygen atoms in total. The average molecular weight is 645 g/mol. The zero-order valence-electron chi connectivity index (χ0n) is 25.8. The van der Waals surface area contributed by atoms with E-state index in [0.717, 1.165) is 27.1 Å². The number of nitrogens with zero attached hydrogens (tertiary/aromatic N) is 6. The van der Waals surface area contributed by atoms with Crippen LogP contribution in [0.4, 0.5) is 9.93 Å². The van der Waals surface area contributed by atoms with Gasteiger partial charge < -0.3 is 30.7 Å². The number of pyridine rings is 1. The Bertz CT molecular complexity index is 1750. The molecule has 240 valence electrons. The Kier molecular flexibility index (Phi) is 8.65. The van der Waals surface area contributed by atoms with Gasteiger partial charge in [0.1, 0.15) is 23.7 Å². The summed E-state index contributed by atoms with van der Waals surface area (Å²) in [6, 6.07) is 14.8. The van der Waals surface area contributed by atoms with Gasteiger partial charge in [0.2, 0.25) is 11.8 Å². The Morgan fingerprint density at radius 2 is 1.96 bits per heavy atom. The second kappa shape index (κ2) is 12.8. The number of benzene rings is 2. The number of ether oxygens (including phenoxy) is 1. The molecule has 4 aromatic rings. The number of thiazole rings is 1. The molecule has 2 aromatic heterocycles. The number of para-hydroxylation sites is 1. The van der Waals surface area contributed by atoms with E-state index in [0.29, 0.717) is 10.8 Å². The molecule has 0 aliphatic carbocycles. The molecule has 4 N–H and O–H groups in total. The number of piperazine rings is 1. The predicted octanol–water partition coefficient (Wildman–Crippen LogP) is 2.95. The van der Waals surface area contributed by atoms with Gasteiger partial charge in [-0.25, -0.2) is 9.78 Å². The van der Waals surface area contributed by atoms with E-state index in [2.05, 4.69) is 15.3 Å². The molecular weight excluding hydrogens is 608 g/mol. The number of fused-ring (bicyclic) bond motifs is 2. The lowest BCUT2D eigenvalue weighted by Gasteiger charge is -2.47. The van der Waals surface area contributed by atoms with Crippen molar-refractivity contribution in [2.45, 2.75) is 51.6 Å². The van der Waals surface area contributed by atoms with Crippen LogP contribution in [0, 0.1) is 0 Å². The summed E-state index contributed by atoms with van der Waals surface area (Å²) in [7, 11) is 1.60. The standard InChI is InChI=1S/C32H36N8O5S/c1-19(2)40(32(44)35-14-20-7-11-24(45-3)12-8-20)38-18-28(42)39-25(13-22-9-10-23(41)15-34-22)30(43)37(17-27(38)39)16-21-5-4-6-26-29(21)36-31(33)46-26/h4-12,15,19,25,27,41H,13-14,16-18H2,1-3H3,(H2,33,36)(H,35,44)/t25-,27+/m0/s1. The highest BCUT2D eigenvalue weighted by Gasteiger charge is 2.52. The molecule has 0 bridgehead atoms. The lowest BCUT2D eigenvalue weighted by molar-refractivity contribution is -0.158. The van der Waals surface area contributed by atoms with Gasteiger partial charge in [-0.1, -0.05) is 35.6 Å². The van der Waals surface area contributed by atoms with Crippen LogP contribution in [0.25, 0.3) is 10.2 Å². The van der Waals surface area contributed by atoms with E-state index in [1.807, 2.05) is 56.3 Å². The first kappa shape index (κ1) is 31.0. The molecule has 2 aliphatic heterocycles. The van der Waals surface area contributed by atoms with Gasteiger partial charge in [0.25, 0.3) is 0 Å². The third-order valence-corrected chi connectivity index (χ3v) is 9.09. The van der Waals surface area contributed by atoms with E-state index in [1.165, 1.54) is 23.6 Å². The molecule has 0 spiro atoms. The van der Waals surface area contributed by atoms with Gasteiger partial charge in [0, 0.05) is 31.2 Å². The Morgan fingerprint density at radius 3 is 2.65 bits per heavy atom. The molecule has 2 atom stereocenters. The highest BCUT2D eigenvalue weighted by Crippen LogP contribution is 2.33. The summed E-state index contributed by atoms with van der Waals surface area (Å²) in [6.07, 6.45) is 0.850. The quantitative estimate of drug-likeness (QED) is 0.249. The van der Waals surface area contributed by atoms with Gasteiger partial charge in [0.05, 0.1) is 36.6 Å². The fraction of sp³-hybridized carbons (Fsp3) is 0.344. The minimum Gasteiger partial charge on any atom is -0.506 e. The fourth-order valence-corrected chi connectivity index (χ4v) is 6.89. The zero-order valence-corrected chi connectivity index (χ0v) is 26.6. The second-order valence-electron chi connectivity index (χ2n) is 11.6. The van der Waals surface area contributed by atoms with Crippen LogP contribution in [0.15, 0.2) is 60.8 Å². The number of aromatic nitrogens is 2. The van der Waals surface area contributed by atoms with Crippen molar-refractivity contribution in [1.82, 2.24) is 35.1 Å². The number of nitrogens with one attached hydrogen (secondary N) is 1. The Hall–Kier alpha value is -4.95. The fourth-order valence-electron chi connectivity index (χ4n) is 6.11. The number of amides is 4. The molecule has 0 radical (unpaired) electrons. The van der Waals surface area contributed by atoms with Crippen molar-refractivity contribution in [3.05, 3.63) is 77.6 Å². The third-order valence-electron chi connectivity index (χ3n) is 8.24. The first-order chi connectivity index (χ1) is 22.1. The van der Waals surface area contributed by atoms with E-state index in [9.17, 15) is 19.5 Å². The molecule has 2 saturated heterocycles. The minimum absolute atomic E-state index is 0.00510. The molecule has 46 heavy (non-hydrogen) atoms. The van der Waals surface area contributed by atoms with Crippen molar-refractivity contribution >= 4 is 44.5 Å². The number of nitrogens with two attached hydrogens (primary N) is 1. The van der Waals surface area contributed by atoms with Crippen molar-refractivity contribution in [3.8, 4) is 11.5 Å². The third kappa shape index (κ3) is 6.13. The summed E-state index contributed by atoms with van der Waals surface area (Å²) >= 11 is 1.38. The number of aromatic hydroxyl groups is 1. The SMILES string of the molecule is COc1ccc(CNC(=O)N(C(C)C)N2CC(=O)N3[C@@H](Cc4ccc(O)cn4)C(=O)N(Cc4cccc5sc(N)nc45)C[C@@H]32)cc1. The number of urea groups is 1. The summed E-state index contributed by atoms with van der Waals surface area (Å²) in [5.74, 6) is 0.231. The van der Waals surface area contributed by atoms with Gasteiger partial charge >= 0.3 is 6.03 Å². The lowest BCUT2D eigenvalue weighted by atomic mass is 10.0. The average Bonchev–Trinajstić information content (AvgIpc) is 3.58. The molecule has 0 saturated carbocycles. The van der Waals surface area contributed by atoms with E-state index >= 15 is 0 Å². The number of carbonyl (C=O) groups is 3. The van der Waals surface area contributed by atoms with Crippen LogP contribution in [-0.4, -0.2) is 91.2 Å². The summed E-state index contributed by atoms with van der Waals surface area (Å²) in [5.41, 5.74) is 9.02. The topological polar surface area (TPSA) is 157 Å². The van der Waals surface area contributed by atoms with Crippen molar-refractivity contribution in [3.63, 3.8) is 0 Å². The van der Waals surface area contributed by atoms with Crippen LogP contribution in [0.3, 0.4) is 0 Å². The van der Waals surface area contributed by atoms with Crippen molar-refractivity contribution in [1.29, 1.82) is 0 Å². The van der Waals surface area contributed by atoms with Crippen LogP contribution >= 0.6 is 11.3 Å². The molecule has 2 fully saturated rings. The van der Waals surface area contributed by atoms with E-state index < -0.39 is 12.2 Å². The highest BCUT2D eigenvalue weighted by atomic mass is 32.1. The summed E-state index contributed by atoms with van der Waals surface area (Å²) in [4.78, 5) is 53.7.